The summed E-state index contributed by atoms with van der Waals surface area (Å²) in [6.45, 7) is 11.0. The highest BCUT2D eigenvalue weighted by Crippen LogP contribution is 2.33. The lowest BCUT2D eigenvalue weighted by molar-refractivity contribution is 0.552. The van der Waals surface area contributed by atoms with Crippen LogP contribution in [-0.4, -0.2) is 19.6 Å². The molecule has 19 heavy (non-hydrogen) atoms. The third-order valence-corrected chi connectivity index (χ3v) is 3.98. The van der Waals surface area contributed by atoms with Gasteiger partial charge >= 0.3 is 0 Å². The number of para-hydroxylation sites is 1. The van der Waals surface area contributed by atoms with Gasteiger partial charge in [-0.3, -0.25) is 0 Å². The Balaban J connectivity index is 2.11. The number of hydrogen-bond acceptors (Lipinski definition) is 2. The fourth-order valence-corrected chi connectivity index (χ4v) is 3.00. The zero-order valence-electron chi connectivity index (χ0n) is 12.2. The maximum absolute atomic E-state index is 6.43. The average molecular weight is 281 g/mol. The highest BCUT2D eigenvalue weighted by molar-refractivity contribution is 6.33. The molecule has 1 unspecified atom stereocenters. The van der Waals surface area contributed by atoms with Gasteiger partial charge in [0.15, 0.2) is 0 Å². The van der Waals surface area contributed by atoms with Gasteiger partial charge in [0.25, 0.3) is 0 Å². The number of rotatable bonds is 5. The van der Waals surface area contributed by atoms with Crippen molar-refractivity contribution in [2.24, 2.45) is 11.8 Å². The number of benzene rings is 1. The van der Waals surface area contributed by atoms with Gasteiger partial charge in [0.2, 0.25) is 0 Å². The van der Waals surface area contributed by atoms with E-state index in [2.05, 4.69) is 43.1 Å². The number of hydrogen-bond donors (Lipinski definition) is 1. The van der Waals surface area contributed by atoms with Crippen LogP contribution in [0.1, 0.15) is 32.8 Å². The minimum atomic E-state index is 0.675. The molecule has 0 amide bonds. The van der Waals surface area contributed by atoms with E-state index in [1.54, 1.807) is 0 Å². The van der Waals surface area contributed by atoms with E-state index in [1.807, 2.05) is 6.07 Å². The monoisotopic (exact) mass is 280 g/mol. The molecule has 2 nitrogen and oxygen atoms in total. The zero-order chi connectivity index (χ0) is 13.8. The predicted molar refractivity (Wildman–Crippen MR) is 84.0 cm³/mol. The topological polar surface area (TPSA) is 15.3 Å². The predicted octanol–water partition coefficient (Wildman–Crippen LogP) is 3.93. The molecule has 106 valence electrons. The van der Waals surface area contributed by atoms with Crippen LogP contribution in [0.5, 0.6) is 0 Å². The van der Waals surface area contributed by atoms with Gasteiger partial charge in [-0.25, -0.2) is 0 Å². The Morgan fingerprint density at radius 3 is 2.84 bits per heavy atom. The van der Waals surface area contributed by atoms with E-state index in [0.29, 0.717) is 5.92 Å². The van der Waals surface area contributed by atoms with E-state index in [4.69, 9.17) is 11.6 Å². The lowest BCUT2D eigenvalue weighted by atomic mass is 10.1. The SMILES string of the molecule is CC(C)CNCc1cccc(Cl)c1N1CCC(C)C1. The van der Waals surface area contributed by atoms with Crippen LogP contribution in [0.2, 0.25) is 5.02 Å². The summed E-state index contributed by atoms with van der Waals surface area (Å²) >= 11 is 6.43. The van der Waals surface area contributed by atoms with E-state index in [0.717, 1.165) is 37.1 Å². The molecule has 3 heteroatoms. The Kier molecular flexibility index (Phi) is 5.12. The van der Waals surface area contributed by atoms with E-state index in [1.165, 1.54) is 17.7 Å². The summed E-state index contributed by atoms with van der Waals surface area (Å²) in [7, 11) is 0. The summed E-state index contributed by atoms with van der Waals surface area (Å²) in [5.41, 5.74) is 2.56. The van der Waals surface area contributed by atoms with Crippen molar-refractivity contribution in [3.05, 3.63) is 28.8 Å². The summed E-state index contributed by atoms with van der Waals surface area (Å²) in [6.07, 6.45) is 1.27. The van der Waals surface area contributed by atoms with Crippen LogP contribution in [0, 0.1) is 11.8 Å². The molecule has 1 saturated heterocycles. The van der Waals surface area contributed by atoms with Gasteiger partial charge in [0.05, 0.1) is 10.7 Å². The van der Waals surface area contributed by atoms with Gasteiger partial charge < -0.3 is 10.2 Å². The molecule has 1 aliphatic heterocycles. The molecule has 2 rings (SSSR count). The van der Waals surface area contributed by atoms with Gasteiger partial charge in [-0.2, -0.15) is 0 Å². The molecule has 0 aliphatic carbocycles. The number of halogens is 1. The van der Waals surface area contributed by atoms with E-state index >= 15 is 0 Å². The molecule has 1 aromatic carbocycles. The van der Waals surface area contributed by atoms with E-state index in [-0.39, 0.29) is 0 Å². The molecular weight excluding hydrogens is 256 g/mol. The Morgan fingerprint density at radius 2 is 2.21 bits per heavy atom. The first-order valence-electron chi connectivity index (χ1n) is 7.31. The van der Waals surface area contributed by atoms with Crippen molar-refractivity contribution in [2.75, 3.05) is 24.5 Å². The maximum atomic E-state index is 6.43. The Bertz CT molecular complexity index is 417. The zero-order valence-corrected chi connectivity index (χ0v) is 13.0. The lowest BCUT2D eigenvalue weighted by Crippen LogP contribution is -2.24. The smallest absolute Gasteiger partial charge is 0.0642 e. The van der Waals surface area contributed by atoms with Crippen LogP contribution in [0.25, 0.3) is 0 Å². The van der Waals surface area contributed by atoms with Gasteiger partial charge in [-0.15, -0.1) is 0 Å². The second-order valence-electron chi connectivity index (χ2n) is 6.11. The van der Waals surface area contributed by atoms with Crippen LogP contribution in [0.4, 0.5) is 5.69 Å². The number of nitrogens with zero attached hydrogens (tertiary/aromatic N) is 1. The van der Waals surface area contributed by atoms with Crippen LogP contribution in [-0.2, 0) is 6.54 Å². The van der Waals surface area contributed by atoms with Crippen LogP contribution in [0.3, 0.4) is 0 Å². The molecule has 0 saturated carbocycles. The van der Waals surface area contributed by atoms with Crippen molar-refractivity contribution in [1.82, 2.24) is 5.32 Å². The molecule has 1 aromatic rings. The quantitative estimate of drug-likeness (QED) is 0.879. The first-order chi connectivity index (χ1) is 9.08. The van der Waals surface area contributed by atoms with Crippen molar-refractivity contribution >= 4 is 17.3 Å². The number of anilines is 1. The fourth-order valence-electron chi connectivity index (χ4n) is 2.69. The van der Waals surface area contributed by atoms with E-state index in [9.17, 15) is 0 Å². The summed E-state index contributed by atoms with van der Waals surface area (Å²) in [6, 6.07) is 6.25. The van der Waals surface area contributed by atoms with Gasteiger partial charge in [0.1, 0.15) is 0 Å². The molecule has 1 aliphatic rings. The van der Waals surface area contributed by atoms with Crippen molar-refractivity contribution in [1.29, 1.82) is 0 Å². The van der Waals surface area contributed by atoms with Crippen molar-refractivity contribution < 1.29 is 0 Å². The first-order valence-corrected chi connectivity index (χ1v) is 7.68. The first kappa shape index (κ1) is 14.7. The van der Waals surface area contributed by atoms with Crippen molar-refractivity contribution in [2.45, 2.75) is 33.7 Å². The normalized spacial score (nSPS) is 19.4. The lowest BCUT2D eigenvalue weighted by Gasteiger charge is -2.23. The molecular formula is C16H25ClN2. The van der Waals surface area contributed by atoms with Crippen LogP contribution in [0.15, 0.2) is 18.2 Å². The van der Waals surface area contributed by atoms with Crippen molar-refractivity contribution in [3.8, 4) is 0 Å². The van der Waals surface area contributed by atoms with Gasteiger partial charge in [-0.1, -0.05) is 44.5 Å². The minimum absolute atomic E-state index is 0.675. The van der Waals surface area contributed by atoms with Gasteiger partial charge in [-0.05, 0) is 36.4 Å². The minimum Gasteiger partial charge on any atom is -0.370 e. The van der Waals surface area contributed by atoms with Crippen LogP contribution >= 0.6 is 11.6 Å². The molecule has 1 fully saturated rings. The second-order valence-corrected chi connectivity index (χ2v) is 6.52. The number of nitrogens with one attached hydrogen (secondary N) is 1. The summed E-state index contributed by atoms with van der Waals surface area (Å²) in [5.74, 6) is 1.45. The Morgan fingerprint density at radius 1 is 1.42 bits per heavy atom. The van der Waals surface area contributed by atoms with Crippen molar-refractivity contribution in [3.63, 3.8) is 0 Å². The molecule has 0 radical (unpaired) electrons. The third-order valence-electron chi connectivity index (χ3n) is 3.68. The highest BCUT2D eigenvalue weighted by atomic mass is 35.5. The van der Waals surface area contributed by atoms with E-state index < -0.39 is 0 Å². The molecule has 1 atom stereocenters. The molecule has 0 bridgehead atoms. The van der Waals surface area contributed by atoms with Gasteiger partial charge in [0, 0.05) is 19.6 Å². The maximum Gasteiger partial charge on any atom is 0.0642 e. The average Bonchev–Trinajstić information content (AvgIpc) is 2.75. The summed E-state index contributed by atoms with van der Waals surface area (Å²) < 4.78 is 0. The standard InChI is InChI=1S/C16H25ClN2/c1-12(2)9-18-10-14-5-4-6-15(17)16(14)19-8-7-13(3)11-19/h4-6,12-13,18H,7-11H2,1-3H3. The fraction of sp³-hybridized carbons (Fsp3) is 0.625. The summed E-state index contributed by atoms with van der Waals surface area (Å²) in [4.78, 5) is 2.44. The largest absolute Gasteiger partial charge is 0.370 e. The summed E-state index contributed by atoms with van der Waals surface area (Å²) in [5, 5.41) is 4.41. The Labute approximate surface area is 122 Å². The molecule has 0 spiro atoms. The molecule has 0 aromatic heterocycles. The Hall–Kier alpha value is -0.730. The molecule has 1 N–H and O–H groups in total. The third kappa shape index (κ3) is 3.87. The second kappa shape index (κ2) is 6.62. The highest BCUT2D eigenvalue weighted by Gasteiger charge is 2.22. The van der Waals surface area contributed by atoms with Crippen LogP contribution < -0.4 is 10.2 Å². The molecule has 1 heterocycles.